The highest BCUT2D eigenvalue weighted by Gasteiger charge is 2.15. The summed E-state index contributed by atoms with van der Waals surface area (Å²) in [5.41, 5.74) is 11.6. The van der Waals surface area contributed by atoms with E-state index in [0.717, 1.165) is 55.9 Å². The molecule has 0 fully saturated rings. The van der Waals surface area contributed by atoms with Gasteiger partial charge in [0.15, 0.2) is 17.5 Å². The van der Waals surface area contributed by atoms with E-state index in [1.54, 1.807) is 0 Å². The number of hydrogen-bond acceptors (Lipinski definition) is 4. The number of hydrogen-bond donors (Lipinski definition) is 0. The molecule has 0 unspecified atom stereocenters. The maximum Gasteiger partial charge on any atom is 0.164 e. The van der Waals surface area contributed by atoms with Crippen molar-refractivity contribution < 1.29 is 0 Å². The first-order valence-corrected chi connectivity index (χ1v) is 17.5. The summed E-state index contributed by atoms with van der Waals surface area (Å²) in [5, 5.41) is 4.92. The smallest absolute Gasteiger partial charge is 0.164 e. The van der Waals surface area contributed by atoms with Gasteiger partial charge in [-0.1, -0.05) is 133 Å². The molecule has 0 saturated heterocycles. The maximum absolute atomic E-state index is 5.10. The first-order chi connectivity index (χ1) is 25.5. The molecule has 0 amide bonds. The third-order valence-corrected chi connectivity index (χ3v) is 9.60. The van der Waals surface area contributed by atoms with E-state index in [-0.39, 0.29) is 0 Å². The van der Waals surface area contributed by atoms with E-state index < -0.39 is 0 Å². The Bertz CT molecular complexity index is 2660. The van der Waals surface area contributed by atoms with Crippen molar-refractivity contribution in [3.05, 3.63) is 181 Å². The van der Waals surface area contributed by atoms with Crippen LogP contribution in [0.25, 0.3) is 89.1 Å². The Kier molecular flexibility index (Phi) is 7.90. The van der Waals surface area contributed by atoms with E-state index in [2.05, 4.69) is 114 Å². The van der Waals surface area contributed by atoms with E-state index in [1.807, 2.05) is 74.5 Å². The highest BCUT2D eigenvalue weighted by atomic mass is 15.0. The largest absolute Gasteiger partial charge is 0.258 e. The molecule has 0 saturated carbocycles. The summed E-state index contributed by atoms with van der Waals surface area (Å²) in [6, 6.07) is 59.8. The predicted molar refractivity (Wildman–Crippen MR) is 215 cm³/mol. The van der Waals surface area contributed by atoms with Crippen molar-refractivity contribution in [3.63, 3.8) is 0 Å². The molecule has 0 aliphatic carbocycles. The van der Waals surface area contributed by atoms with Gasteiger partial charge in [-0.3, -0.25) is 4.98 Å². The lowest BCUT2D eigenvalue weighted by atomic mass is 9.92. The van der Waals surface area contributed by atoms with Crippen LogP contribution in [0.2, 0.25) is 0 Å². The summed E-state index contributed by atoms with van der Waals surface area (Å²) in [4.78, 5) is 19.7. The molecule has 0 bridgehead atoms. The number of pyridine rings is 1. The van der Waals surface area contributed by atoms with Crippen LogP contribution in [0, 0.1) is 13.8 Å². The van der Waals surface area contributed by atoms with Gasteiger partial charge in [0.25, 0.3) is 0 Å². The molecule has 7 aromatic carbocycles. The summed E-state index contributed by atoms with van der Waals surface area (Å²) < 4.78 is 0. The number of aryl methyl sites for hydroxylation is 2. The zero-order chi connectivity index (χ0) is 35.0. The molecule has 2 aromatic heterocycles. The molecule has 0 radical (unpaired) electrons. The fourth-order valence-corrected chi connectivity index (χ4v) is 7.07. The summed E-state index contributed by atoms with van der Waals surface area (Å²) in [6.07, 6.45) is 0. The summed E-state index contributed by atoms with van der Waals surface area (Å²) in [5.74, 6) is 1.91. The predicted octanol–water partition coefficient (Wildman–Crippen LogP) is 12.2. The quantitative estimate of drug-likeness (QED) is 0.166. The standard InChI is InChI=1S/C48H34N4/c1-31-25-40(26-32(2)49-31)33-17-19-34(20-18-33)41-27-42(39-24-23-36-22-21-35-11-9-10-16-44(35)45(36)30-39)29-43(28-41)48-51-46(37-12-5-3-6-13-37)50-47(52-48)38-14-7-4-8-15-38/h3-30H,1-2H3. The SMILES string of the molecule is Cc1cc(-c2ccc(-c3cc(-c4ccc5ccc6ccccc6c5c4)cc(-c4nc(-c5ccccc5)nc(-c5ccccc5)n4)c3)cc2)cc(C)n1. The molecule has 4 heteroatoms. The lowest BCUT2D eigenvalue weighted by Crippen LogP contribution is -2.00. The second kappa shape index (κ2) is 13.2. The van der Waals surface area contributed by atoms with Crippen LogP contribution in [0.1, 0.15) is 11.4 Å². The van der Waals surface area contributed by atoms with Gasteiger partial charge in [-0.2, -0.15) is 0 Å². The molecule has 2 heterocycles. The average molecular weight is 667 g/mol. The van der Waals surface area contributed by atoms with Gasteiger partial charge in [-0.05, 0) is 105 Å². The van der Waals surface area contributed by atoms with Gasteiger partial charge in [0.2, 0.25) is 0 Å². The number of nitrogens with zero attached hydrogens (tertiary/aromatic N) is 4. The van der Waals surface area contributed by atoms with Crippen LogP contribution in [-0.2, 0) is 0 Å². The fraction of sp³-hybridized carbons (Fsp3) is 0.0417. The van der Waals surface area contributed by atoms with Crippen LogP contribution in [0.5, 0.6) is 0 Å². The van der Waals surface area contributed by atoms with Gasteiger partial charge in [0.05, 0.1) is 0 Å². The van der Waals surface area contributed by atoms with Crippen LogP contribution >= 0.6 is 0 Å². The minimum atomic E-state index is 0.626. The lowest BCUT2D eigenvalue weighted by molar-refractivity contribution is 1.07. The van der Waals surface area contributed by atoms with E-state index in [9.17, 15) is 0 Å². The van der Waals surface area contributed by atoms with Gasteiger partial charge in [0, 0.05) is 28.1 Å². The third kappa shape index (κ3) is 6.12. The zero-order valence-corrected chi connectivity index (χ0v) is 29.0. The first kappa shape index (κ1) is 31.2. The number of benzene rings is 7. The second-order valence-corrected chi connectivity index (χ2v) is 13.3. The van der Waals surface area contributed by atoms with Crippen molar-refractivity contribution in [3.8, 4) is 67.5 Å². The molecule has 246 valence electrons. The Hall–Kier alpha value is -6.78. The number of aromatic nitrogens is 4. The molecule has 0 aliphatic rings. The lowest BCUT2D eigenvalue weighted by Gasteiger charge is -2.14. The van der Waals surface area contributed by atoms with Crippen molar-refractivity contribution in [2.45, 2.75) is 13.8 Å². The van der Waals surface area contributed by atoms with Crippen LogP contribution in [0.4, 0.5) is 0 Å². The molecule has 0 N–H and O–H groups in total. The summed E-state index contributed by atoms with van der Waals surface area (Å²) >= 11 is 0. The maximum atomic E-state index is 5.10. The molecule has 9 aromatic rings. The van der Waals surface area contributed by atoms with Gasteiger partial charge >= 0.3 is 0 Å². The highest BCUT2D eigenvalue weighted by molar-refractivity contribution is 6.08. The van der Waals surface area contributed by atoms with Crippen LogP contribution < -0.4 is 0 Å². The van der Waals surface area contributed by atoms with Gasteiger partial charge in [0.1, 0.15) is 0 Å². The molecule has 9 rings (SSSR count). The normalized spacial score (nSPS) is 11.3. The van der Waals surface area contributed by atoms with E-state index in [0.29, 0.717) is 17.5 Å². The molecule has 0 spiro atoms. The van der Waals surface area contributed by atoms with Crippen LogP contribution in [0.15, 0.2) is 170 Å². The molecular weight excluding hydrogens is 633 g/mol. The summed E-state index contributed by atoms with van der Waals surface area (Å²) in [7, 11) is 0. The van der Waals surface area contributed by atoms with E-state index >= 15 is 0 Å². The minimum Gasteiger partial charge on any atom is -0.258 e. The minimum absolute atomic E-state index is 0.626. The van der Waals surface area contributed by atoms with Gasteiger partial charge < -0.3 is 0 Å². The van der Waals surface area contributed by atoms with Crippen molar-refractivity contribution >= 4 is 21.5 Å². The van der Waals surface area contributed by atoms with E-state index in [1.165, 1.54) is 27.1 Å². The molecular formula is C48H34N4. The zero-order valence-electron chi connectivity index (χ0n) is 29.0. The summed E-state index contributed by atoms with van der Waals surface area (Å²) in [6.45, 7) is 4.09. The van der Waals surface area contributed by atoms with Crippen molar-refractivity contribution in [2.24, 2.45) is 0 Å². The Morgan fingerprint density at radius 1 is 0.269 bits per heavy atom. The highest BCUT2D eigenvalue weighted by Crippen LogP contribution is 2.36. The molecule has 0 atom stereocenters. The van der Waals surface area contributed by atoms with Crippen LogP contribution in [-0.4, -0.2) is 19.9 Å². The fourth-order valence-electron chi connectivity index (χ4n) is 7.07. The first-order valence-electron chi connectivity index (χ1n) is 17.5. The Balaban J connectivity index is 1.24. The van der Waals surface area contributed by atoms with Gasteiger partial charge in [-0.25, -0.2) is 15.0 Å². The topological polar surface area (TPSA) is 51.6 Å². The van der Waals surface area contributed by atoms with Crippen molar-refractivity contribution in [1.82, 2.24) is 19.9 Å². The van der Waals surface area contributed by atoms with Crippen molar-refractivity contribution in [2.75, 3.05) is 0 Å². The van der Waals surface area contributed by atoms with Gasteiger partial charge in [-0.15, -0.1) is 0 Å². The average Bonchev–Trinajstić information content (AvgIpc) is 3.20. The Labute approximate surface area is 303 Å². The third-order valence-electron chi connectivity index (χ3n) is 9.60. The van der Waals surface area contributed by atoms with Crippen LogP contribution in [0.3, 0.4) is 0 Å². The number of fused-ring (bicyclic) bond motifs is 3. The van der Waals surface area contributed by atoms with E-state index in [4.69, 9.17) is 15.0 Å². The molecule has 52 heavy (non-hydrogen) atoms. The Morgan fingerprint density at radius 2 is 0.692 bits per heavy atom. The molecule has 0 aliphatic heterocycles. The van der Waals surface area contributed by atoms with Crippen molar-refractivity contribution in [1.29, 1.82) is 0 Å². The monoisotopic (exact) mass is 666 g/mol. The number of rotatable bonds is 6. The molecule has 4 nitrogen and oxygen atoms in total. The second-order valence-electron chi connectivity index (χ2n) is 13.3. The Morgan fingerprint density at radius 3 is 1.29 bits per heavy atom.